The van der Waals surface area contributed by atoms with E-state index < -0.39 is 57.8 Å². The maximum absolute atomic E-state index is 14.9. The number of alkyl halides is 6. The number of allylic oxidation sites excluding steroid dienone is 1. The summed E-state index contributed by atoms with van der Waals surface area (Å²) in [4.78, 5) is 12.3. The van der Waals surface area contributed by atoms with E-state index in [0.717, 1.165) is 18.2 Å². The number of hydrogen-bond donors (Lipinski definition) is 1. The lowest BCUT2D eigenvalue weighted by Gasteiger charge is -2.19. The first kappa shape index (κ1) is 27.1. The van der Waals surface area contributed by atoms with E-state index in [1.807, 2.05) is 0 Å². The second kappa shape index (κ2) is 9.52. The monoisotopic (exact) mass is 558 g/mol. The quantitative estimate of drug-likeness (QED) is 0.297. The number of carbonyl (C=O) groups is 1. The number of nitrogens with zero attached hydrogens (tertiary/aromatic N) is 1. The Kier molecular flexibility index (Phi) is 7.38. The predicted octanol–water partition coefficient (Wildman–Crippen LogP) is 8.11. The molecule has 186 valence electrons. The highest BCUT2D eigenvalue weighted by Gasteiger charge is 2.46. The van der Waals surface area contributed by atoms with Crippen molar-refractivity contribution < 1.29 is 35.5 Å². The molecule has 1 aliphatic carbocycles. The standard InChI is InChI=1S/C22H12Cl3F7N2O/c23-15-6-11(7-16(24)18(15)25)13(21(27,28)29)8-17(26)10-1-2-12(14(5-10)22(30,31)32)19(35)34-20(9-33)3-4-20/h1-2,5-8,13H,3-4H2,(H,34,35). The van der Waals surface area contributed by atoms with Crippen LogP contribution >= 0.6 is 34.8 Å². The van der Waals surface area contributed by atoms with Crippen LogP contribution in [0.15, 0.2) is 36.4 Å². The van der Waals surface area contributed by atoms with Crippen molar-refractivity contribution in [3.05, 3.63) is 73.7 Å². The van der Waals surface area contributed by atoms with E-state index in [4.69, 9.17) is 40.1 Å². The summed E-state index contributed by atoms with van der Waals surface area (Å²) in [7, 11) is 0. The fourth-order valence-corrected chi connectivity index (χ4v) is 3.79. The molecule has 2 aromatic carbocycles. The summed E-state index contributed by atoms with van der Waals surface area (Å²) in [6, 6.07) is 5.01. The molecule has 1 fully saturated rings. The zero-order valence-electron chi connectivity index (χ0n) is 17.1. The average Bonchev–Trinajstić information content (AvgIpc) is 3.53. The molecule has 0 spiro atoms. The van der Waals surface area contributed by atoms with Crippen molar-refractivity contribution in [2.75, 3.05) is 0 Å². The molecular formula is C22H12Cl3F7N2O. The van der Waals surface area contributed by atoms with Crippen LogP contribution in [0.4, 0.5) is 30.7 Å². The van der Waals surface area contributed by atoms with E-state index in [9.17, 15) is 35.5 Å². The number of nitrogens with one attached hydrogen (secondary N) is 1. The van der Waals surface area contributed by atoms with Gasteiger partial charge in [-0.3, -0.25) is 4.79 Å². The molecule has 3 rings (SSSR count). The minimum absolute atomic E-state index is 0.0694. The molecule has 1 aliphatic rings. The normalized spacial score (nSPS) is 16.4. The van der Waals surface area contributed by atoms with Crippen LogP contribution in [0.25, 0.3) is 5.83 Å². The molecule has 0 saturated heterocycles. The Balaban J connectivity index is 2.05. The third kappa shape index (κ3) is 6.02. The topological polar surface area (TPSA) is 52.9 Å². The Bertz CT molecular complexity index is 1220. The van der Waals surface area contributed by atoms with Crippen LogP contribution in [0.2, 0.25) is 15.1 Å². The largest absolute Gasteiger partial charge is 0.417 e. The highest BCUT2D eigenvalue weighted by Crippen LogP contribution is 2.43. The van der Waals surface area contributed by atoms with E-state index in [-0.39, 0.29) is 40.1 Å². The van der Waals surface area contributed by atoms with Gasteiger partial charge >= 0.3 is 12.4 Å². The third-order valence-electron chi connectivity index (χ3n) is 5.19. The highest BCUT2D eigenvalue weighted by atomic mass is 35.5. The van der Waals surface area contributed by atoms with E-state index in [1.54, 1.807) is 6.07 Å². The Labute approximate surface area is 209 Å². The number of hydrogen-bond acceptors (Lipinski definition) is 2. The highest BCUT2D eigenvalue weighted by molar-refractivity contribution is 6.48. The third-order valence-corrected chi connectivity index (χ3v) is 6.39. The van der Waals surface area contributed by atoms with Crippen molar-refractivity contribution in [2.45, 2.75) is 36.7 Å². The van der Waals surface area contributed by atoms with E-state index in [1.165, 1.54) is 0 Å². The molecule has 0 aromatic heterocycles. The summed E-state index contributed by atoms with van der Waals surface area (Å²) in [5.74, 6) is -5.48. The lowest BCUT2D eigenvalue weighted by molar-refractivity contribution is -0.140. The average molecular weight is 560 g/mol. The second-order valence-electron chi connectivity index (χ2n) is 7.74. The molecule has 3 nitrogen and oxygen atoms in total. The number of nitriles is 1. The molecule has 0 bridgehead atoms. The van der Waals surface area contributed by atoms with Crippen molar-refractivity contribution in [2.24, 2.45) is 0 Å². The summed E-state index contributed by atoms with van der Waals surface area (Å²) in [6.45, 7) is 0. The predicted molar refractivity (Wildman–Crippen MR) is 116 cm³/mol. The molecular weight excluding hydrogens is 548 g/mol. The van der Waals surface area contributed by atoms with Crippen LogP contribution in [-0.4, -0.2) is 17.6 Å². The fourth-order valence-electron chi connectivity index (χ4n) is 3.18. The van der Waals surface area contributed by atoms with Crippen LogP contribution in [0.1, 0.15) is 45.8 Å². The first-order valence-corrected chi connectivity index (χ1v) is 10.8. The van der Waals surface area contributed by atoms with E-state index in [0.29, 0.717) is 6.07 Å². The maximum Gasteiger partial charge on any atom is 0.417 e. The van der Waals surface area contributed by atoms with Gasteiger partial charge in [-0.05, 0) is 48.7 Å². The summed E-state index contributed by atoms with van der Waals surface area (Å²) in [6.07, 6.45) is -9.64. The number of rotatable bonds is 5. The van der Waals surface area contributed by atoms with Gasteiger partial charge in [0.25, 0.3) is 5.91 Å². The SMILES string of the molecule is N#CC1(NC(=O)c2ccc(C(F)=CC(c3cc(Cl)c(Cl)c(Cl)c3)C(F)(F)F)cc2C(F)(F)F)CC1. The van der Waals surface area contributed by atoms with Gasteiger partial charge in [0.05, 0.1) is 32.3 Å². The van der Waals surface area contributed by atoms with Crippen LogP contribution < -0.4 is 5.32 Å². The van der Waals surface area contributed by atoms with Crippen LogP contribution in [0, 0.1) is 11.3 Å². The van der Waals surface area contributed by atoms with Gasteiger partial charge in [0, 0.05) is 5.56 Å². The van der Waals surface area contributed by atoms with Crippen LogP contribution in [-0.2, 0) is 6.18 Å². The van der Waals surface area contributed by atoms with E-state index >= 15 is 0 Å². The van der Waals surface area contributed by atoms with Crippen LogP contribution in [0.3, 0.4) is 0 Å². The first-order chi connectivity index (χ1) is 16.1. The summed E-state index contributed by atoms with van der Waals surface area (Å²) in [5, 5.41) is 10.3. The summed E-state index contributed by atoms with van der Waals surface area (Å²) < 4.78 is 96.8. The molecule has 1 unspecified atom stereocenters. The molecule has 1 atom stereocenters. The van der Waals surface area contributed by atoms with Gasteiger partial charge in [-0.15, -0.1) is 0 Å². The van der Waals surface area contributed by atoms with Crippen molar-refractivity contribution in [1.29, 1.82) is 5.26 Å². The fraction of sp³-hybridized carbons (Fsp3) is 0.273. The molecule has 1 amide bonds. The number of amides is 1. The minimum atomic E-state index is -5.15. The molecule has 13 heteroatoms. The molecule has 1 N–H and O–H groups in total. The van der Waals surface area contributed by atoms with Gasteiger partial charge in [-0.25, -0.2) is 4.39 Å². The number of carbonyl (C=O) groups excluding carboxylic acids is 1. The first-order valence-electron chi connectivity index (χ1n) is 9.62. The molecule has 0 heterocycles. The van der Waals surface area contributed by atoms with Crippen molar-refractivity contribution in [1.82, 2.24) is 5.32 Å². The Morgan fingerprint density at radius 3 is 2.09 bits per heavy atom. The molecule has 0 aliphatic heterocycles. The zero-order chi connectivity index (χ0) is 26.3. The maximum atomic E-state index is 14.9. The van der Waals surface area contributed by atoms with E-state index in [2.05, 4.69) is 5.32 Å². The van der Waals surface area contributed by atoms with Gasteiger partial charge in [0.15, 0.2) is 0 Å². The van der Waals surface area contributed by atoms with Gasteiger partial charge in [0.2, 0.25) is 0 Å². The molecule has 0 radical (unpaired) electrons. The van der Waals surface area contributed by atoms with Crippen molar-refractivity contribution >= 4 is 46.5 Å². The Hall–Kier alpha value is -2.48. The Morgan fingerprint density at radius 1 is 1.06 bits per heavy atom. The zero-order valence-corrected chi connectivity index (χ0v) is 19.4. The molecule has 2 aromatic rings. The molecule has 35 heavy (non-hydrogen) atoms. The molecule has 1 saturated carbocycles. The van der Waals surface area contributed by atoms with Crippen LogP contribution in [0.5, 0.6) is 0 Å². The van der Waals surface area contributed by atoms with Gasteiger partial charge in [0.1, 0.15) is 17.3 Å². The summed E-state index contributed by atoms with van der Waals surface area (Å²) in [5.41, 5.74) is -5.20. The number of halogens is 10. The smallest absolute Gasteiger partial charge is 0.334 e. The lowest BCUT2D eigenvalue weighted by atomic mass is 9.95. The Morgan fingerprint density at radius 2 is 1.63 bits per heavy atom. The summed E-state index contributed by atoms with van der Waals surface area (Å²) >= 11 is 17.3. The number of benzene rings is 2. The van der Waals surface area contributed by atoms with Crippen molar-refractivity contribution in [3.8, 4) is 6.07 Å². The van der Waals surface area contributed by atoms with Crippen molar-refractivity contribution in [3.63, 3.8) is 0 Å². The lowest BCUT2D eigenvalue weighted by Crippen LogP contribution is -2.36. The van der Waals surface area contributed by atoms with Gasteiger partial charge < -0.3 is 5.32 Å². The minimum Gasteiger partial charge on any atom is -0.334 e. The van der Waals surface area contributed by atoms with Gasteiger partial charge in [-0.1, -0.05) is 40.9 Å². The van der Waals surface area contributed by atoms with Gasteiger partial charge in [-0.2, -0.15) is 31.6 Å². The second-order valence-corrected chi connectivity index (χ2v) is 8.93.